The third kappa shape index (κ3) is 6.50. The number of amides is 1. The number of piperidine rings is 1. The Bertz CT molecular complexity index is 488. The highest BCUT2D eigenvalue weighted by molar-refractivity contribution is 6.31. The monoisotopic (exact) mass is 338 g/mol. The highest BCUT2D eigenvalue weighted by Crippen LogP contribution is 2.24. The Morgan fingerprint density at radius 2 is 2.09 bits per heavy atom. The van der Waals surface area contributed by atoms with Crippen LogP contribution in [0.1, 0.15) is 31.2 Å². The molecule has 128 valence electrons. The normalized spacial score (nSPS) is 16.4. The van der Waals surface area contributed by atoms with Gasteiger partial charge in [-0.15, -0.1) is 0 Å². The smallest absolute Gasteiger partial charge is 0.220 e. The molecule has 1 saturated heterocycles. The quantitative estimate of drug-likeness (QED) is 0.741. The summed E-state index contributed by atoms with van der Waals surface area (Å²) in [6, 6.07) is 8.05. The van der Waals surface area contributed by atoms with E-state index in [4.69, 9.17) is 16.3 Å². The Kier molecular flexibility index (Phi) is 7.86. The van der Waals surface area contributed by atoms with Crippen LogP contribution in [0.2, 0.25) is 5.02 Å². The maximum Gasteiger partial charge on any atom is 0.220 e. The molecule has 1 aromatic carbocycles. The fourth-order valence-corrected chi connectivity index (χ4v) is 3.21. The van der Waals surface area contributed by atoms with Crippen LogP contribution in [0.25, 0.3) is 0 Å². The Morgan fingerprint density at radius 1 is 1.35 bits per heavy atom. The number of methoxy groups -OCH3 is 1. The van der Waals surface area contributed by atoms with Crippen molar-refractivity contribution in [3.05, 3.63) is 34.9 Å². The highest BCUT2D eigenvalue weighted by atomic mass is 35.5. The minimum absolute atomic E-state index is 0.139. The van der Waals surface area contributed by atoms with E-state index < -0.39 is 0 Å². The van der Waals surface area contributed by atoms with Crippen molar-refractivity contribution in [2.75, 3.05) is 33.4 Å². The van der Waals surface area contributed by atoms with Gasteiger partial charge in [0.25, 0.3) is 0 Å². The zero-order valence-corrected chi connectivity index (χ0v) is 14.6. The second-order valence-corrected chi connectivity index (χ2v) is 6.60. The van der Waals surface area contributed by atoms with E-state index in [1.54, 1.807) is 7.11 Å². The summed E-state index contributed by atoms with van der Waals surface area (Å²) in [7, 11) is 1.64. The number of nitrogens with one attached hydrogen (secondary N) is 1. The average Bonchev–Trinajstić information content (AvgIpc) is 2.56. The zero-order chi connectivity index (χ0) is 16.5. The van der Waals surface area contributed by atoms with Crippen molar-refractivity contribution in [2.24, 2.45) is 5.92 Å². The first kappa shape index (κ1) is 18.2. The van der Waals surface area contributed by atoms with Crippen LogP contribution in [0.15, 0.2) is 24.3 Å². The van der Waals surface area contributed by atoms with Crippen LogP contribution in [0.3, 0.4) is 0 Å². The average molecular weight is 339 g/mol. The Balaban J connectivity index is 1.64. The lowest BCUT2D eigenvalue weighted by molar-refractivity contribution is -0.121. The molecule has 1 N–H and O–H groups in total. The van der Waals surface area contributed by atoms with Gasteiger partial charge in [-0.1, -0.05) is 29.8 Å². The number of halogens is 1. The van der Waals surface area contributed by atoms with Crippen molar-refractivity contribution in [3.8, 4) is 0 Å². The Morgan fingerprint density at radius 3 is 2.78 bits per heavy atom. The summed E-state index contributed by atoms with van der Waals surface area (Å²) in [4.78, 5) is 14.2. The molecular formula is C18H27ClN2O2. The molecule has 0 aromatic heterocycles. The summed E-state index contributed by atoms with van der Waals surface area (Å²) >= 11 is 6.23. The molecule has 0 aliphatic carbocycles. The molecule has 1 aromatic rings. The van der Waals surface area contributed by atoms with E-state index in [0.29, 0.717) is 25.5 Å². The van der Waals surface area contributed by atoms with Crippen molar-refractivity contribution >= 4 is 17.5 Å². The third-order valence-corrected chi connectivity index (χ3v) is 4.84. The fourth-order valence-electron chi connectivity index (χ4n) is 3.02. The molecule has 1 amide bonds. The van der Waals surface area contributed by atoms with Gasteiger partial charge in [0, 0.05) is 31.6 Å². The summed E-state index contributed by atoms with van der Waals surface area (Å²) in [5.74, 6) is 0.797. The standard InChI is InChI=1S/C18H27ClN2O2/c1-23-13-10-20-18(22)7-6-15-8-11-21(12-9-15)14-16-4-2-3-5-17(16)19/h2-5,15H,6-14H2,1H3,(H,20,22). The summed E-state index contributed by atoms with van der Waals surface area (Å²) in [5.41, 5.74) is 1.20. The molecule has 1 aliphatic rings. The first-order valence-electron chi connectivity index (χ1n) is 8.40. The maximum absolute atomic E-state index is 11.7. The lowest BCUT2D eigenvalue weighted by atomic mass is 9.92. The molecule has 0 spiro atoms. The van der Waals surface area contributed by atoms with Crippen molar-refractivity contribution < 1.29 is 9.53 Å². The summed E-state index contributed by atoms with van der Waals surface area (Å²) in [6.07, 6.45) is 3.93. The number of nitrogens with zero attached hydrogens (tertiary/aromatic N) is 1. The number of carbonyl (C=O) groups is 1. The Labute approximate surface area is 144 Å². The van der Waals surface area contributed by atoms with Crippen LogP contribution in [0.5, 0.6) is 0 Å². The predicted molar refractivity (Wildman–Crippen MR) is 93.6 cm³/mol. The molecule has 2 rings (SSSR count). The first-order chi connectivity index (χ1) is 11.2. The van der Waals surface area contributed by atoms with Gasteiger partial charge in [-0.2, -0.15) is 0 Å². The van der Waals surface area contributed by atoms with Gasteiger partial charge >= 0.3 is 0 Å². The number of benzene rings is 1. The zero-order valence-electron chi connectivity index (χ0n) is 13.9. The van der Waals surface area contributed by atoms with Gasteiger partial charge in [0.05, 0.1) is 6.61 Å². The van der Waals surface area contributed by atoms with Gasteiger partial charge < -0.3 is 10.1 Å². The molecule has 0 radical (unpaired) electrons. The van der Waals surface area contributed by atoms with E-state index in [0.717, 1.165) is 43.9 Å². The van der Waals surface area contributed by atoms with Crippen molar-refractivity contribution in [1.82, 2.24) is 10.2 Å². The Hall–Kier alpha value is -1.10. The van der Waals surface area contributed by atoms with Crippen molar-refractivity contribution in [1.29, 1.82) is 0 Å². The molecule has 4 nitrogen and oxygen atoms in total. The van der Waals surface area contributed by atoms with E-state index >= 15 is 0 Å². The van der Waals surface area contributed by atoms with Crippen LogP contribution in [0, 0.1) is 5.92 Å². The van der Waals surface area contributed by atoms with Crippen LogP contribution in [-0.4, -0.2) is 44.2 Å². The van der Waals surface area contributed by atoms with E-state index in [-0.39, 0.29) is 5.91 Å². The first-order valence-corrected chi connectivity index (χ1v) is 8.78. The molecule has 0 bridgehead atoms. The lowest BCUT2D eigenvalue weighted by Gasteiger charge is -2.32. The molecule has 0 saturated carbocycles. The molecule has 5 heteroatoms. The van der Waals surface area contributed by atoms with E-state index in [2.05, 4.69) is 16.3 Å². The third-order valence-electron chi connectivity index (χ3n) is 4.47. The van der Waals surface area contributed by atoms with Gasteiger partial charge in [0.15, 0.2) is 0 Å². The number of carbonyl (C=O) groups excluding carboxylic acids is 1. The molecule has 1 heterocycles. The van der Waals surface area contributed by atoms with Crippen LogP contribution in [0.4, 0.5) is 0 Å². The molecule has 23 heavy (non-hydrogen) atoms. The van der Waals surface area contributed by atoms with Gasteiger partial charge in [-0.05, 0) is 49.9 Å². The predicted octanol–water partition coefficient (Wildman–Crippen LogP) is 3.09. The largest absolute Gasteiger partial charge is 0.383 e. The minimum atomic E-state index is 0.139. The molecule has 1 fully saturated rings. The number of hydrogen-bond acceptors (Lipinski definition) is 3. The van der Waals surface area contributed by atoms with Crippen molar-refractivity contribution in [3.63, 3.8) is 0 Å². The maximum atomic E-state index is 11.7. The van der Waals surface area contributed by atoms with Gasteiger partial charge in [0.2, 0.25) is 5.91 Å². The second kappa shape index (κ2) is 9.91. The summed E-state index contributed by atoms with van der Waals surface area (Å²) < 4.78 is 4.93. The molecular weight excluding hydrogens is 312 g/mol. The highest BCUT2D eigenvalue weighted by Gasteiger charge is 2.20. The molecule has 1 aliphatic heterocycles. The van der Waals surface area contributed by atoms with Crippen LogP contribution >= 0.6 is 11.6 Å². The van der Waals surface area contributed by atoms with Gasteiger partial charge in [0.1, 0.15) is 0 Å². The summed E-state index contributed by atoms with van der Waals surface area (Å²) in [5, 5.41) is 3.73. The van der Waals surface area contributed by atoms with Crippen LogP contribution in [-0.2, 0) is 16.1 Å². The van der Waals surface area contributed by atoms with E-state index in [1.165, 1.54) is 5.56 Å². The topological polar surface area (TPSA) is 41.6 Å². The van der Waals surface area contributed by atoms with E-state index in [9.17, 15) is 4.79 Å². The fraction of sp³-hybridized carbons (Fsp3) is 0.611. The lowest BCUT2D eigenvalue weighted by Crippen LogP contribution is -2.34. The molecule has 0 unspecified atom stereocenters. The van der Waals surface area contributed by atoms with Crippen molar-refractivity contribution in [2.45, 2.75) is 32.2 Å². The van der Waals surface area contributed by atoms with E-state index in [1.807, 2.05) is 18.2 Å². The minimum Gasteiger partial charge on any atom is -0.383 e. The summed E-state index contributed by atoms with van der Waals surface area (Å²) in [6.45, 7) is 4.27. The SMILES string of the molecule is COCCNC(=O)CCC1CCN(Cc2ccccc2Cl)CC1. The second-order valence-electron chi connectivity index (χ2n) is 6.19. The number of rotatable bonds is 8. The number of likely N-dealkylation sites (tertiary alicyclic amines) is 1. The van der Waals surface area contributed by atoms with Crippen LogP contribution < -0.4 is 5.32 Å². The van der Waals surface area contributed by atoms with Gasteiger partial charge in [-0.25, -0.2) is 0 Å². The number of ether oxygens (including phenoxy) is 1. The number of hydrogen-bond donors (Lipinski definition) is 1. The molecule has 0 atom stereocenters. The van der Waals surface area contributed by atoms with Gasteiger partial charge in [-0.3, -0.25) is 9.69 Å².